The van der Waals surface area contributed by atoms with Gasteiger partial charge in [0.2, 0.25) is 10.0 Å². The van der Waals surface area contributed by atoms with E-state index < -0.39 is 10.0 Å². The topological polar surface area (TPSA) is 66.7 Å². The molecule has 1 saturated heterocycles. The Kier molecular flexibility index (Phi) is 4.91. The Hall–Kier alpha value is -2.71. The number of benzene rings is 2. The monoisotopic (exact) mass is 401 g/mol. The molecule has 0 spiro atoms. The zero-order valence-electron chi connectivity index (χ0n) is 15.4. The first kappa shape index (κ1) is 18.6. The summed E-state index contributed by atoms with van der Waals surface area (Å²) in [6.07, 6.45) is 1.62. The standard InChI is InChI=1S/C20H20FN3O3S/c1-15-22-14-20(27-15)16-2-8-19(9-3-16)28(25,26)24-12-10-23(11-13-24)18-6-4-17(21)5-7-18/h2-9,14H,10-13H2,1H3. The second-order valence-electron chi connectivity index (χ2n) is 6.64. The number of oxazole rings is 1. The maximum atomic E-state index is 13.1. The summed E-state index contributed by atoms with van der Waals surface area (Å²) in [5.74, 6) is 0.883. The summed E-state index contributed by atoms with van der Waals surface area (Å²) in [6.45, 7) is 3.63. The van der Waals surface area contributed by atoms with E-state index in [4.69, 9.17) is 4.42 Å². The number of anilines is 1. The zero-order valence-corrected chi connectivity index (χ0v) is 16.2. The smallest absolute Gasteiger partial charge is 0.243 e. The number of hydrogen-bond donors (Lipinski definition) is 0. The molecule has 8 heteroatoms. The van der Waals surface area contributed by atoms with Crippen LogP contribution in [0.3, 0.4) is 0 Å². The Morgan fingerprint density at radius 1 is 0.964 bits per heavy atom. The van der Waals surface area contributed by atoms with Gasteiger partial charge in [-0.05, 0) is 48.5 Å². The van der Waals surface area contributed by atoms with Crippen LogP contribution in [0.4, 0.5) is 10.1 Å². The molecular formula is C20H20FN3O3S. The Labute approximate surface area is 163 Å². The average molecular weight is 401 g/mol. The first-order valence-electron chi connectivity index (χ1n) is 8.97. The van der Waals surface area contributed by atoms with E-state index in [1.807, 2.05) is 0 Å². The minimum absolute atomic E-state index is 0.253. The molecule has 146 valence electrons. The molecule has 2 heterocycles. The van der Waals surface area contributed by atoms with E-state index in [1.54, 1.807) is 49.5 Å². The lowest BCUT2D eigenvalue weighted by atomic mass is 10.2. The summed E-state index contributed by atoms with van der Waals surface area (Å²) in [5.41, 5.74) is 1.67. The van der Waals surface area contributed by atoms with E-state index >= 15 is 0 Å². The van der Waals surface area contributed by atoms with Crippen molar-refractivity contribution in [1.82, 2.24) is 9.29 Å². The van der Waals surface area contributed by atoms with Gasteiger partial charge in [0.1, 0.15) is 5.82 Å². The minimum atomic E-state index is -3.57. The van der Waals surface area contributed by atoms with E-state index in [1.165, 1.54) is 16.4 Å². The highest BCUT2D eigenvalue weighted by molar-refractivity contribution is 7.89. The summed E-state index contributed by atoms with van der Waals surface area (Å²) in [7, 11) is -3.57. The highest BCUT2D eigenvalue weighted by Gasteiger charge is 2.28. The molecule has 0 amide bonds. The van der Waals surface area contributed by atoms with Crippen LogP contribution in [0.2, 0.25) is 0 Å². The summed E-state index contributed by atoms with van der Waals surface area (Å²) < 4.78 is 45.9. The number of aromatic nitrogens is 1. The van der Waals surface area contributed by atoms with Gasteiger partial charge in [0.25, 0.3) is 0 Å². The number of aryl methyl sites for hydroxylation is 1. The normalized spacial score (nSPS) is 15.7. The van der Waals surface area contributed by atoms with Crippen molar-refractivity contribution >= 4 is 15.7 Å². The van der Waals surface area contributed by atoms with Crippen molar-refractivity contribution in [2.75, 3.05) is 31.1 Å². The fourth-order valence-corrected chi connectivity index (χ4v) is 4.70. The van der Waals surface area contributed by atoms with Gasteiger partial charge in [-0.3, -0.25) is 0 Å². The molecule has 1 aromatic heterocycles. The van der Waals surface area contributed by atoms with Crippen LogP contribution >= 0.6 is 0 Å². The van der Waals surface area contributed by atoms with Gasteiger partial charge < -0.3 is 9.32 Å². The third-order valence-electron chi connectivity index (χ3n) is 4.83. The van der Waals surface area contributed by atoms with Crippen LogP contribution in [-0.4, -0.2) is 43.9 Å². The van der Waals surface area contributed by atoms with E-state index in [0.29, 0.717) is 37.8 Å². The number of sulfonamides is 1. The van der Waals surface area contributed by atoms with Crippen molar-refractivity contribution in [3.8, 4) is 11.3 Å². The summed E-state index contributed by atoms with van der Waals surface area (Å²) >= 11 is 0. The quantitative estimate of drug-likeness (QED) is 0.671. The molecular weight excluding hydrogens is 381 g/mol. The molecule has 1 fully saturated rings. The lowest BCUT2D eigenvalue weighted by molar-refractivity contribution is 0.385. The molecule has 2 aromatic carbocycles. The molecule has 6 nitrogen and oxygen atoms in total. The number of hydrogen-bond acceptors (Lipinski definition) is 5. The fraction of sp³-hybridized carbons (Fsp3) is 0.250. The molecule has 0 N–H and O–H groups in total. The van der Waals surface area contributed by atoms with Gasteiger partial charge in [0.05, 0.1) is 11.1 Å². The molecule has 3 aromatic rings. The van der Waals surface area contributed by atoms with Crippen molar-refractivity contribution in [2.24, 2.45) is 0 Å². The Balaban J connectivity index is 1.46. The number of rotatable bonds is 4. The van der Waals surface area contributed by atoms with E-state index in [0.717, 1.165) is 11.3 Å². The largest absolute Gasteiger partial charge is 0.441 e. The Bertz CT molecular complexity index is 1050. The van der Waals surface area contributed by atoms with Gasteiger partial charge in [-0.15, -0.1) is 0 Å². The highest BCUT2D eigenvalue weighted by atomic mass is 32.2. The molecule has 0 bridgehead atoms. The van der Waals surface area contributed by atoms with Crippen LogP contribution < -0.4 is 4.90 Å². The zero-order chi connectivity index (χ0) is 19.7. The Morgan fingerprint density at radius 3 is 2.18 bits per heavy atom. The first-order valence-corrected chi connectivity index (χ1v) is 10.4. The van der Waals surface area contributed by atoms with Crippen LogP contribution in [0, 0.1) is 12.7 Å². The second kappa shape index (κ2) is 7.37. The van der Waals surface area contributed by atoms with Crippen molar-refractivity contribution in [1.29, 1.82) is 0 Å². The van der Waals surface area contributed by atoms with Crippen molar-refractivity contribution < 1.29 is 17.2 Å². The molecule has 28 heavy (non-hydrogen) atoms. The SMILES string of the molecule is Cc1ncc(-c2ccc(S(=O)(=O)N3CCN(c4ccc(F)cc4)CC3)cc2)o1. The lowest BCUT2D eigenvalue weighted by Crippen LogP contribution is -2.48. The van der Waals surface area contributed by atoms with Crippen molar-refractivity contribution in [3.63, 3.8) is 0 Å². The van der Waals surface area contributed by atoms with Crippen LogP contribution in [-0.2, 0) is 10.0 Å². The molecule has 4 rings (SSSR count). The maximum Gasteiger partial charge on any atom is 0.243 e. The summed E-state index contributed by atoms with van der Waals surface area (Å²) in [5, 5.41) is 0. The third-order valence-corrected chi connectivity index (χ3v) is 6.74. The number of nitrogens with zero attached hydrogens (tertiary/aromatic N) is 3. The molecule has 1 aliphatic rings. The lowest BCUT2D eigenvalue weighted by Gasteiger charge is -2.35. The molecule has 0 unspecified atom stereocenters. The summed E-state index contributed by atoms with van der Waals surface area (Å²) in [6, 6.07) is 12.9. The van der Waals surface area contributed by atoms with Gasteiger partial charge in [-0.1, -0.05) is 0 Å². The van der Waals surface area contributed by atoms with Crippen LogP contribution in [0.25, 0.3) is 11.3 Å². The fourth-order valence-electron chi connectivity index (χ4n) is 3.27. The second-order valence-corrected chi connectivity index (χ2v) is 8.57. The number of halogens is 1. The third kappa shape index (κ3) is 3.65. The molecule has 0 atom stereocenters. The van der Waals surface area contributed by atoms with E-state index in [9.17, 15) is 12.8 Å². The van der Waals surface area contributed by atoms with Crippen LogP contribution in [0.5, 0.6) is 0 Å². The van der Waals surface area contributed by atoms with Crippen molar-refractivity contribution in [2.45, 2.75) is 11.8 Å². The Morgan fingerprint density at radius 2 is 1.61 bits per heavy atom. The van der Waals surface area contributed by atoms with Gasteiger partial charge >= 0.3 is 0 Å². The molecule has 1 aliphatic heterocycles. The summed E-state index contributed by atoms with van der Waals surface area (Å²) in [4.78, 5) is 6.36. The van der Waals surface area contributed by atoms with E-state index in [2.05, 4.69) is 9.88 Å². The van der Waals surface area contributed by atoms with Gasteiger partial charge in [-0.2, -0.15) is 4.31 Å². The first-order chi connectivity index (χ1) is 13.4. The molecule has 0 aliphatic carbocycles. The van der Waals surface area contributed by atoms with Gasteiger partial charge in [0.15, 0.2) is 11.7 Å². The molecule has 0 saturated carbocycles. The van der Waals surface area contributed by atoms with Gasteiger partial charge in [-0.25, -0.2) is 17.8 Å². The minimum Gasteiger partial charge on any atom is -0.441 e. The average Bonchev–Trinajstić information content (AvgIpc) is 3.15. The van der Waals surface area contributed by atoms with Crippen LogP contribution in [0.1, 0.15) is 5.89 Å². The number of piperazine rings is 1. The van der Waals surface area contributed by atoms with Gasteiger partial charge in [0, 0.05) is 44.4 Å². The predicted octanol–water partition coefficient (Wildman–Crippen LogP) is 3.30. The van der Waals surface area contributed by atoms with Crippen molar-refractivity contribution in [3.05, 3.63) is 66.4 Å². The molecule has 0 radical (unpaired) electrons. The highest BCUT2D eigenvalue weighted by Crippen LogP contribution is 2.25. The predicted molar refractivity (Wildman–Crippen MR) is 104 cm³/mol. The maximum absolute atomic E-state index is 13.1. The van der Waals surface area contributed by atoms with Crippen LogP contribution in [0.15, 0.2) is 64.0 Å². The van der Waals surface area contributed by atoms with E-state index in [-0.39, 0.29) is 10.7 Å².